The van der Waals surface area contributed by atoms with Crippen molar-refractivity contribution < 1.29 is 1.43 Å². The summed E-state index contributed by atoms with van der Waals surface area (Å²) in [7, 11) is 0. The fourth-order valence-electron chi connectivity index (χ4n) is 0.149. The van der Waals surface area contributed by atoms with Gasteiger partial charge in [0, 0.05) is 1.43 Å². The van der Waals surface area contributed by atoms with E-state index in [4.69, 9.17) is 0 Å². The molecule has 56 valence electrons. The van der Waals surface area contributed by atoms with Gasteiger partial charge < -0.3 is 0 Å². The summed E-state index contributed by atoms with van der Waals surface area (Å²) in [6.45, 7) is 6.72. The minimum absolute atomic E-state index is 0. The van der Waals surface area contributed by atoms with Gasteiger partial charge in [-0.15, -0.1) is 11.2 Å². The van der Waals surface area contributed by atoms with Crippen LogP contribution in [-0.4, -0.2) is 18.8 Å². The van der Waals surface area contributed by atoms with Crippen LogP contribution in [0.5, 0.6) is 0 Å². The van der Waals surface area contributed by atoms with Gasteiger partial charge in [-0.3, -0.25) is 0 Å². The van der Waals surface area contributed by atoms with Gasteiger partial charge in [-0.1, -0.05) is 29.4 Å². The van der Waals surface area contributed by atoms with E-state index < -0.39 is 0 Å². The number of nitrogens with zero attached hydrogens (tertiary/aromatic N) is 1. The summed E-state index contributed by atoms with van der Waals surface area (Å²) in [4.78, 5) is 0. The first-order valence-corrected chi connectivity index (χ1v) is 3.76. The van der Waals surface area contributed by atoms with Gasteiger partial charge in [-0.2, -0.15) is 0 Å². The van der Waals surface area contributed by atoms with E-state index in [2.05, 4.69) is 33.9 Å². The van der Waals surface area contributed by atoms with Crippen LogP contribution in [0.1, 0.15) is 15.3 Å². The molecule has 0 fully saturated rings. The van der Waals surface area contributed by atoms with E-state index in [1.807, 2.05) is 5.83 Å². The highest BCUT2D eigenvalue weighted by atomic mass is 79.9. The molecule has 2 heteroatoms. The first kappa shape index (κ1) is 15.9. The number of hydrogen-bond donors (Lipinski definition) is 0. The molecule has 0 saturated heterocycles. The molecule has 0 bridgehead atoms. The quantitative estimate of drug-likeness (QED) is 0.278. The molecule has 0 saturated carbocycles. The van der Waals surface area contributed by atoms with Crippen LogP contribution in [0.15, 0.2) is 12.7 Å². The smallest absolute Gasteiger partial charge is 0.114 e. The van der Waals surface area contributed by atoms with E-state index in [1.165, 1.54) is 0 Å². The lowest BCUT2D eigenvalue weighted by Gasteiger charge is -1.55. The van der Waals surface area contributed by atoms with Crippen LogP contribution in [0.25, 0.3) is 0 Å². The molecule has 0 amide bonds. The van der Waals surface area contributed by atoms with Crippen molar-refractivity contribution in [2.45, 2.75) is 13.8 Å². The van der Waals surface area contributed by atoms with E-state index in [1.54, 1.807) is 12.3 Å². The Morgan fingerprint density at radius 2 is 2.11 bits per heavy atom. The van der Waals surface area contributed by atoms with Crippen LogP contribution >= 0.6 is 15.9 Å². The van der Waals surface area contributed by atoms with Gasteiger partial charge in [-0.25, -0.2) is 0 Å². The van der Waals surface area contributed by atoms with Gasteiger partial charge in [-0.05, 0) is 5.83 Å². The minimum Gasteiger partial charge on any atom is -0.114 e. The SMILES string of the molecule is C.C=CCC=[N+]=C.CBr.[2HH]. The molecular formula is C7H17BrN+. The van der Waals surface area contributed by atoms with Crippen molar-refractivity contribution in [2.75, 3.05) is 5.83 Å². The summed E-state index contributed by atoms with van der Waals surface area (Å²) in [6.07, 6.45) is 4.30. The van der Waals surface area contributed by atoms with Gasteiger partial charge in [0.1, 0.15) is 0 Å². The minimum atomic E-state index is 0. The Bertz CT molecular complexity index is 87.6. The third kappa shape index (κ3) is 34.6. The fourth-order valence-corrected chi connectivity index (χ4v) is 0.149. The Morgan fingerprint density at radius 3 is 2.22 bits per heavy atom. The molecular weight excluding hydrogens is 178 g/mol. The predicted molar refractivity (Wildman–Crippen MR) is 53.8 cm³/mol. The van der Waals surface area contributed by atoms with Crippen LogP contribution < -0.4 is 4.67 Å². The van der Waals surface area contributed by atoms with Crippen LogP contribution in [0.2, 0.25) is 0 Å². The van der Waals surface area contributed by atoms with Crippen molar-refractivity contribution in [3.63, 3.8) is 0 Å². The average molecular weight is 196 g/mol. The van der Waals surface area contributed by atoms with E-state index in [-0.39, 0.29) is 8.85 Å². The first-order valence-electron chi connectivity index (χ1n) is 2.18. The standard InChI is InChI=1S/C5H8N.CH3Br.CH4.H2/c1-3-4-5-6-2;1-2;;/h3,5H,1-2,4H2;1H3;1H4;1H/q+1;;;/i;;;1+1. The van der Waals surface area contributed by atoms with E-state index in [9.17, 15) is 0 Å². The molecule has 0 spiro atoms. The second-order valence-electron chi connectivity index (χ2n) is 0.890. The summed E-state index contributed by atoms with van der Waals surface area (Å²) in [5.41, 5.74) is 0. The van der Waals surface area contributed by atoms with Crippen molar-refractivity contribution in [2.24, 2.45) is 0 Å². The highest BCUT2D eigenvalue weighted by Crippen LogP contribution is 1.63. The molecule has 0 aliphatic rings. The molecule has 0 aromatic carbocycles. The van der Waals surface area contributed by atoms with Crippen LogP contribution in [-0.2, 0) is 0 Å². The Morgan fingerprint density at radius 1 is 1.67 bits per heavy atom. The predicted octanol–water partition coefficient (Wildman–Crippen LogP) is 2.29. The number of allylic oxidation sites excluding steroid dienone is 1. The number of hydrogen-bond acceptors (Lipinski definition) is 0. The Balaban J connectivity index is -0.0000000412. The zero-order valence-electron chi connectivity index (χ0n) is 5.10. The van der Waals surface area contributed by atoms with E-state index in [0.717, 1.165) is 6.42 Å². The zero-order chi connectivity index (χ0) is 6.83. The first-order chi connectivity index (χ1) is 3.91. The number of alkyl halides is 1. The lowest BCUT2D eigenvalue weighted by Crippen LogP contribution is -1.69. The van der Waals surface area contributed by atoms with Crippen molar-refractivity contribution >= 4 is 28.9 Å². The molecule has 0 aliphatic carbocycles. The molecule has 0 unspecified atom stereocenters. The van der Waals surface area contributed by atoms with E-state index >= 15 is 0 Å². The van der Waals surface area contributed by atoms with Crippen molar-refractivity contribution in [3.8, 4) is 0 Å². The molecule has 0 heterocycles. The topological polar surface area (TPSA) is 14.1 Å². The van der Waals surface area contributed by atoms with Crippen molar-refractivity contribution in [3.05, 3.63) is 12.7 Å². The summed E-state index contributed by atoms with van der Waals surface area (Å²) >= 11 is 2.94. The molecule has 0 atom stereocenters. The zero-order valence-corrected chi connectivity index (χ0v) is 6.69. The second kappa shape index (κ2) is 25.3. The van der Waals surface area contributed by atoms with Gasteiger partial charge in [0.05, 0.1) is 6.42 Å². The second-order valence-corrected chi connectivity index (χ2v) is 0.890. The maximum atomic E-state index is 3.48. The third-order valence-electron chi connectivity index (χ3n) is 0.401. The van der Waals surface area contributed by atoms with E-state index in [0.29, 0.717) is 0 Å². The monoisotopic (exact) mass is 195 g/mol. The van der Waals surface area contributed by atoms with Gasteiger partial charge in [0.2, 0.25) is 0 Å². The summed E-state index contributed by atoms with van der Waals surface area (Å²) in [5.74, 6) is 1.81. The molecule has 0 aromatic heterocycles. The Kier molecular flexibility index (Phi) is 44.7. The summed E-state index contributed by atoms with van der Waals surface area (Å²) in [6, 6.07) is 0. The molecule has 0 aromatic rings. The molecule has 9 heavy (non-hydrogen) atoms. The number of rotatable bonds is 2. The largest absolute Gasteiger partial charge is 0.272 e. The summed E-state index contributed by atoms with van der Waals surface area (Å²) < 4.78 is 3.48. The maximum Gasteiger partial charge on any atom is 0.272 e. The third-order valence-corrected chi connectivity index (χ3v) is 0.401. The Hall–Kier alpha value is -0.330. The lowest BCUT2D eigenvalue weighted by molar-refractivity contribution is 1.52. The van der Waals surface area contributed by atoms with Crippen LogP contribution in [0, 0.1) is 0 Å². The average Bonchev–Trinajstić information content (AvgIpc) is 1.88. The molecule has 1 nitrogen and oxygen atoms in total. The summed E-state index contributed by atoms with van der Waals surface area (Å²) in [5, 5.41) is 0. The lowest BCUT2D eigenvalue weighted by atomic mass is 10.5. The molecule has 0 N–H and O–H groups in total. The molecule has 0 aliphatic heterocycles. The fraction of sp³-hybridized carbons (Fsp3) is 0.429. The maximum absolute atomic E-state index is 3.48. The van der Waals surface area contributed by atoms with Crippen LogP contribution in [0.3, 0.4) is 0 Å². The van der Waals surface area contributed by atoms with Gasteiger partial charge in [0.15, 0.2) is 0 Å². The Labute approximate surface area is 67.8 Å². The van der Waals surface area contributed by atoms with Gasteiger partial charge in [0.25, 0.3) is 12.9 Å². The van der Waals surface area contributed by atoms with Gasteiger partial charge >= 0.3 is 0 Å². The highest BCUT2D eigenvalue weighted by molar-refractivity contribution is 9.08. The number of halogens is 1. The van der Waals surface area contributed by atoms with Crippen LogP contribution in [0.4, 0.5) is 0 Å². The van der Waals surface area contributed by atoms with Crippen molar-refractivity contribution in [1.29, 1.82) is 0 Å². The normalized spacial score (nSPS) is 4.67. The molecule has 0 radical (unpaired) electrons. The molecule has 0 rings (SSSR count). The highest BCUT2D eigenvalue weighted by Gasteiger charge is 1.68. The van der Waals surface area contributed by atoms with Crippen molar-refractivity contribution in [1.82, 2.24) is 4.67 Å².